The minimum absolute atomic E-state index is 0.144. The van der Waals surface area contributed by atoms with Gasteiger partial charge in [-0.2, -0.15) is 0 Å². The lowest BCUT2D eigenvalue weighted by Crippen LogP contribution is -2.53. The first kappa shape index (κ1) is 29.2. The molecule has 1 heterocycles. The fourth-order valence-corrected chi connectivity index (χ4v) is 6.10. The molecule has 8 nitrogen and oxygen atoms in total. The number of urea groups is 1. The van der Waals surface area contributed by atoms with Gasteiger partial charge in [0, 0.05) is 44.0 Å². The van der Waals surface area contributed by atoms with Crippen molar-refractivity contribution in [2.24, 2.45) is 0 Å². The molecule has 39 heavy (non-hydrogen) atoms. The van der Waals surface area contributed by atoms with E-state index in [1.807, 2.05) is 12.1 Å². The monoisotopic (exact) mass is 556 g/mol. The number of nitrogens with zero attached hydrogens (tertiary/aromatic N) is 2. The van der Waals surface area contributed by atoms with Crippen LogP contribution in [0.4, 0.5) is 10.5 Å². The maximum absolute atomic E-state index is 13.2. The number of hydrogen-bond donors (Lipinski definition) is 2. The van der Waals surface area contributed by atoms with Crippen molar-refractivity contribution in [1.29, 1.82) is 0 Å². The smallest absolute Gasteiger partial charge is 0.317 e. The molecule has 1 aliphatic heterocycles. The zero-order valence-electron chi connectivity index (χ0n) is 23.4. The molecule has 214 valence electrons. The molecule has 0 aromatic heterocycles. The number of rotatable bonds is 11. The van der Waals surface area contributed by atoms with Gasteiger partial charge in [0.1, 0.15) is 11.5 Å². The van der Waals surface area contributed by atoms with Crippen LogP contribution in [0.2, 0.25) is 0 Å². The Kier molecular flexibility index (Phi) is 10.5. The fraction of sp³-hybridized carbons (Fsp3) is 0.567. The highest BCUT2D eigenvalue weighted by Gasteiger charge is 2.29. The van der Waals surface area contributed by atoms with E-state index < -0.39 is 10.0 Å². The van der Waals surface area contributed by atoms with Crippen LogP contribution in [0.15, 0.2) is 48.5 Å². The van der Waals surface area contributed by atoms with Crippen LogP contribution in [0.5, 0.6) is 11.5 Å². The second-order valence-corrected chi connectivity index (χ2v) is 12.7. The van der Waals surface area contributed by atoms with E-state index >= 15 is 0 Å². The van der Waals surface area contributed by atoms with Crippen LogP contribution in [0.1, 0.15) is 70.3 Å². The molecule has 2 amide bonds. The molecule has 4 rings (SSSR count). The van der Waals surface area contributed by atoms with Crippen LogP contribution in [0.3, 0.4) is 0 Å². The molecule has 0 bridgehead atoms. The average molecular weight is 557 g/mol. The summed E-state index contributed by atoms with van der Waals surface area (Å²) in [5.74, 6) is 1.38. The number of piperidine rings is 1. The Morgan fingerprint density at radius 3 is 2.15 bits per heavy atom. The lowest BCUT2D eigenvalue weighted by molar-refractivity contribution is 0.113. The number of ether oxygens (including phenoxy) is 1. The van der Waals surface area contributed by atoms with Gasteiger partial charge in [-0.25, -0.2) is 13.2 Å². The second-order valence-electron chi connectivity index (χ2n) is 11.0. The summed E-state index contributed by atoms with van der Waals surface area (Å²) in [5.41, 5.74) is 1.73. The maximum atomic E-state index is 13.2. The SMILES string of the molecule is CCCCN(C(=O)NC1CCCCC1)C1CCN(Cc2ccc(Oc3ccc(NS(C)(=O)=O)cc3)cc2)CC1. The van der Waals surface area contributed by atoms with E-state index in [0.717, 1.165) is 76.7 Å². The Balaban J connectivity index is 1.25. The van der Waals surface area contributed by atoms with Gasteiger partial charge in [0.15, 0.2) is 0 Å². The number of unbranched alkanes of at least 4 members (excludes halogenated alkanes) is 1. The third-order valence-electron chi connectivity index (χ3n) is 7.67. The summed E-state index contributed by atoms with van der Waals surface area (Å²) < 4.78 is 31.1. The van der Waals surface area contributed by atoms with E-state index in [0.29, 0.717) is 23.5 Å². The summed E-state index contributed by atoms with van der Waals surface area (Å²) in [6, 6.07) is 15.7. The van der Waals surface area contributed by atoms with Crippen LogP contribution in [0.25, 0.3) is 0 Å². The Morgan fingerprint density at radius 2 is 1.56 bits per heavy atom. The first-order valence-corrected chi connectivity index (χ1v) is 16.3. The number of amides is 2. The average Bonchev–Trinajstić information content (AvgIpc) is 2.92. The van der Waals surface area contributed by atoms with Crippen molar-refractivity contribution < 1.29 is 17.9 Å². The Morgan fingerprint density at radius 1 is 0.949 bits per heavy atom. The molecular weight excluding hydrogens is 512 g/mol. The molecule has 1 saturated heterocycles. The van der Waals surface area contributed by atoms with Crippen LogP contribution in [-0.4, -0.2) is 62.2 Å². The topological polar surface area (TPSA) is 91.0 Å². The van der Waals surface area contributed by atoms with E-state index in [9.17, 15) is 13.2 Å². The van der Waals surface area contributed by atoms with Gasteiger partial charge in [0.2, 0.25) is 10.0 Å². The van der Waals surface area contributed by atoms with Crippen LogP contribution in [0, 0.1) is 0 Å². The van der Waals surface area contributed by atoms with Crippen LogP contribution in [-0.2, 0) is 16.6 Å². The number of anilines is 1. The molecule has 1 saturated carbocycles. The molecule has 0 spiro atoms. The number of hydrogen-bond acceptors (Lipinski definition) is 5. The second kappa shape index (κ2) is 14.0. The molecule has 2 N–H and O–H groups in total. The lowest BCUT2D eigenvalue weighted by Gasteiger charge is -2.39. The summed E-state index contributed by atoms with van der Waals surface area (Å²) >= 11 is 0. The van der Waals surface area contributed by atoms with Crippen LogP contribution < -0.4 is 14.8 Å². The van der Waals surface area contributed by atoms with Crippen molar-refractivity contribution >= 4 is 21.7 Å². The largest absolute Gasteiger partial charge is 0.457 e. The van der Waals surface area contributed by atoms with Crippen LogP contribution >= 0.6 is 0 Å². The highest BCUT2D eigenvalue weighted by atomic mass is 32.2. The van der Waals surface area contributed by atoms with Gasteiger partial charge in [0.25, 0.3) is 0 Å². The summed E-state index contributed by atoms with van der Waals surface area (Å²) in [6.07, 6.45) is 11.3. The summed E-state index contributed by atoms with van der Waals surface area (Å²) in [6.45, 7) is 5.87. The van der Waals surface area contributed by atoms with Crippen molar-refractivity contribution in [2.45, 2.75) is 83.3 Å². The predicted molar refractivity (Wildman–Crippen MR) is 157 cm³/mol. The van der Waals surface area contributed by atoms with Crippen molar-refractivity contribution in [1.82, 2.24) is 15.1 Å². The van der Waals surface area contributed by atoms with Crippen molar-refractivity contribution in [3.05, 3.63) is 54.1 Å². The highest BCUT2D eigenvalue weighted by Crippen LogP contribution is 2.25. The first-order chi connectivity index (χ1) is 18.8. The van der Waals surface area contributed by atoms with Gasteiger partial charge >= 0.3 is 6.03 Å². The van der Waals surface area contributed by atoms with Gasteiger partial charge in [0.05, 0.1) is 6.26 Å². The quantitative estimate of drug-likeness (QED) is 0.356. The zero-order valence-corrected chi connectivity index (χ0v) is 24.2. The number of carbonyl (C=O) groups excluding carboxylic acids is 1. The molecule has 0 unspecified atom stereocenters. The lowest BCUT2D eigenvalue weighted by atomic mass is 9.95. The molecule has 0 radical (unpaired) electrons. The van der Waals surface area contributed by atoms with E-state index in [1.54, 1.807) is 24.3 Å². The van der Waals surface area contributed by atoms with Crippen molar-refractivity contribution in [2.75, 3.05) is 30.6 Å². The fourth-order valence-electron chi connectivity index (χ4n) is 5.53. The first-order valence-electron chi connectivity index (χ1n) is 14.4. The minimum Gasteiger partial charge on any atom is -0.457 e. The third-order valence-corrected chi connectivity index (χ3v) is 8.27. The normalized spacial score (nSPS) is 17.5. The summed E-state index contributed by atoms with van der Waals surface area (Å²) in [7, 11) is -3.30. The van der Waals surface area contributed by atoms with Gasteiger partial charge < -0.3 is 15.0 Å². The zero-order chi connectivity index (χ0) is 27.7. The van der Waals surface area contributed by atoms with E-state index in [4.69, 9.17) is 4.74 Å². The molecular formula is C30H44N4O4S. The van der Waals surface area contributed by atoms with E-state index in [-0.39, 0.29) is 6.03 Å². The van der Waals surface area contributed by atoms with Gasteiger partial charge in [-0.3, -0.25) is 9.62 Å². The van der Waals surface area contributed by atoms with Crippen molar-refractivity contribution in [3.8, 4) is 11.5 Å². The molecule has 1 aliphatic carbocycles. The molecule has 2 fully saturated rings. The molecule has 2 aromatic carbocycles. The highest BCUT2D eigenvalue weighted by molar-refractivity contribution is 7.92. The van der Waals surface area contributed by atoms with Gasteiger partial charge in [-0.1, -0.05) is 44.7 Å². The van der Waals surface area contributed by atoms with Gasteiger partial charge in [-0.15, -0.1) is 0 Å². The third kappa shape index (κ3) is 9.42. The minimum atomic E-state index is -3.30. The number of carbonyl (C=O) groups is 1. The standard InChI is InChI=1S/C30H44N4O4S/c1-3-4-20-34(30(35)31-25-8-6-5-7-9-25)27-18-21-33(22-19-27)23-24-10-14-28(15-11-24)38-29-16-12-26(13-17-29)32-39(2,36)37/h10-17,25,27,32H,3-9,18-23H2,1-2H3,(H,31,35). The summed E-state index contributed by atoms with van der Waals surface area (Å²) in [4.78, 5) is 17.8. The number of likely N-dealkylation sites (tertiary alicyclic amines) is 1. The van der Waals surface area contributed by atoms with E-state index in [2.05, 4.69) is 38.9 Å². The van der Waals surface area contributed by atoms with E-state index in [1.165, 1.54) is 24.8 Å². The molecule has 9 heteroatoms. The number of nitrogens with one attached hydrogen (secondary N) is 2. The maximum Gasteiger partial charge on any atom is 0.317 e. The Bertz CT molecular complexity index is 1140. The van der Waals surface area contributed by atoms with Crippen molar-refractivity contribution in [3.63, 3.8) is 0 Å². The summed E-state index contributed by atoms with van der Waals surface area (Å²) in [5, 5.41) is 3.34. The predicted octanol–water partition coefficient (Wildman–Crippen LogP) is 5.96. The molecule has 2 aromatic rings. The molecule has 2 aliphatic rings. The Labute approximate surface area is 234 Å². The number of sulfonamides is 1. The Hall–Kier alpha value is -2.78. The molecule has 0 atom stereocenters. The van der Waals surface area contributed by atoms with Gasteiger partial charge in [-0.05, 0) is 74.1 Å². The number of benzene rings is 2.